The fourth-order valence-corrected chi connectivity index (χ4v) is 1.09. The third kappa shape index (κ3) is 3.58. The number of pyridine rings is 1. The lowest BCUT2D eigenvalue weighted by Gasteiger charge is -2.04. The van der Waals surface area contributed by atoms with E-state index in [0.29, 0.717) is 24.6 Å². The van der Waals surface area contributed by atoms with Crippen molar-refractivity contribution in [2.24, 2.45) is 0 Å². The van der Waals surface area contributed by atoms with Gasteiger partial charge in [-0.3, -0.25) is 4.79 Å². The highest BCUT2D eigenvalue weighted by molar-refractivity contribution is 5.93. The van der Waals surface area contributed by atoms with E-state index in [1.54, 1.807) is 12.1 Å². The molecule has 1 amide bonds. The number of ether oxygens (including phenoxy) is 1. The Kier molecular flexibility index (Phi) is 4.60. The molecule has 0 aliphatic heterocycles. The van der Waals surface area contributed by atoms with Gasteiger partial charge in [0.05, 0.1) is 12.2 Å². The first kappa shape index (κ1) is 11.5. The van der Waals surface area contributed by atoms with Crippen LogP contribution in [0, 0.1) is 0 Å². The molecule has 15 heavy (non-hydrogen) atoms. The highest BCUT2D eigenvalue weighted by Crippen LogP contribution is 2.07. The number of amides is 1. The van der Waals surface area contributed by atoms with E-state index in [1.807, 2.05) is 13.8 Å². The van der Waals surface area contributed by atoms with Gasteiger partial charge < -0.3 is 10.1 Å². The number of rotatable bonds is 5. The summed E-state index contributed by atoms with van der Waals surface area (Å²) >= 11 is 0. The Morgan fingerprint density at radius 3 is 2.80 bits per heavy atom. The zero-order chi connectivity index (χ0) is 11.1. The molecule has 1 aromatic heterocycles. The van der Waals surface area contributed by atoms with Crippen LogP contribution in [0.4, 0.5) is 0 Å². The second kappa shape index (κ2) is 6.01. The molecule has 0 aliphatic carbocycles. The molecule has 0 spiro atoms. The van der Waals surface area contributed by atoms with Crippen molar-refractivity contribution < 1.29 is 9.53 Å². The van der Waals surface area contributed by atoms with Crippen molar-refractivity contribution in [3.8, 4) is 5.88 Å². The Morgan fingerprint density at radius 1 is 1.47 bits per heavy atom. The third-order valence-electron chi connectivity index (χ3n) is 1.83. The molecule has 1 aromatic rings. The monoisotopic (exact) mass is 208 g/mol. The standard InChI is InChI=1S/C11H16N2O2/c1-3-7-12-11(14)9-5-6-10(13-8-9)15-4-2/h5-6,8H,3-4,7H2,1-2H3,(H,12,14). The zero-order valence-electron chi connectivity index (χ0n) is 9.12. The van der Waals surface area contributed by atoms with Gasteiger partial charge in [0.25, 0.3) is 5.91 Å². The van der Waals surface area contributed by atoms with Gasteiger partial charge in [0, 0.05) is 18.8 Å². The Morgan fingerprint density at radius 2 is 2.27 bits per heavy atom. The predicted molar refractivity (Wildman–Crippen MR) is 58.0 cm³/mol. The van der Waals surface area contributed by atoms with Crippen molar-refractivity contribution in [2.75, 3.05) is 13.2 Å². The van der Waals surface area contributed by atoms with E-state index in [2.05, 4.69) is 10.3 Å². The van der Waals surface area contributed by atoms with E-state index < -0.39 is 0 Å². The van der Waals surface area contributed by atoms with Crippen LogP contribution in [-0.2, 0) is 0 Å². The zero-order valence-corrected chi connectivity index (χ0v) is 9.12. The Balaban J connectivity index is 2.58. The number of nitrogens with zero attached hydrogens (tertiary/aromatic N) is 1. The maximum atomic E-state index is 11.5. The molecule has 1 rings (SSSR count). The van der Waals surface area contributed by atoms with Crippen LogP contribution in [0.3, 0.4) is 0 Å². The van der Waals surface area contributed by atoms with E-state index in [4.69, 9.17) is 4.74 Å². The summed E-state index contributed by atoms with van der Waals surface area (Å²) in [6, 6.07) is 3.41. The summed E-state index contributed by atoms with van der Waals surface area (Å²) in [6.07, 6.45) is 2.45. The van der Waals surface area contributed by atoms with Crippen LogP contribution in [0.15, 0.2) is 18.3 Å². The van der Waals surface area contributed by atoms with Crippen LogP contribution in [0.2, 0.25) is 0 Å². The molecule has 0 saturated carbocycles. The minimum atomic E-state index is -0.0904. The molecule has 0 bridgehead atoms. The minimum Gasteiger partial charge on any atom is -0.478 e. The summed E-state index contributed by atoms with van der Waals surface area (Å²) in [5, 5.41) is 2.78. The molecule has 0 fully saturated rings. The number of hydrogen-bond donors (Lipinski definition) is 1. The molecule has 0 aromatic carbocycles. The van der Waals surface area contributed by atoms with Gasteiger partial charge in [-0.15, -0.1) is 0 Å². The molecule has 0 unspecified atom stereocenters. The first-order valence-electron chi connectivity index (χ1n) is 5.15. The Hall–Kier alpha value is -1.58. The fraction of sp³-hybridized carbons (Fsp3) is 0.455. The highest BCUT2D eigenvalue weighted by atomic mass is 16.5. The number of hydrogen-bond acceptors (Lipinski definition) is 3. The van der Waals surface area contributed by atoms with Crippen molar-refractivity contribution in [3.05, 3.63) is 23.9 Å². The van der Waals surface area contributed by atoms with E-state index >= 15 is 0 Å². The molecule has 1 heterocycles. The molecule has 0 saturated heterocycles. The largest absolute Gasteiger partial charge is 0.478 e. The molecule has 82 valence electrons. The lowest BCUT2D eigenvalue weighted by atomic mass is 10.2. The van der Waals surface area contributed by atoms with E-state index in [1.165, 1.54) is 6.20 Å². The van der Waals surface area contributed by atoms with Crippen LogP contribution in [-0.4, -0.2) is 24.0 Å². The van der Waals surface area contributed by atoms with Gasteiger partial charge >= 0.3 is 0 Å². The molecule has 4 nitrogen and oxygen atoms in total. The Labute approximate surface area is 89.7 Å². The number of aromatic nitrogens is 1. The van der Waals surface area contributed by atoms with Crippen LogP contribution in [0.25, 0.3) is 0 Å². The van der Waals surface area contributed by atoms with Gasteiger partial charge in [-0.05, 0) is 19.4 Å². The lowest BCUT2D eigenvalue weighted by molar-refractivity contribution is 0.0953. The smallest absolute Gasteiger partial charge is 0.252 e. The van der Waals surface area contributed by atoms with E-state index in [0.717, 1.165) is 6.42 Å². The van der Waals surface area contributed by atoms with Crippen LogP contribution >= 0.6 is 0 Å². The van der Waals surface area contributed by atoms with Crippen molar-refractivity contribution in [2.45, 2.75) is 20.3 Å². The molecule has 1 N–H and O–H groups in total. The van der Waals surface area contributed by atoms with E-state index in [-0.39, 0.29) is 5.91 Å². The number of carbonyl (C=O) groups excluding carboxylic acids is 1. The second-order valence-corrected chi connectivity index (χ2v) is 3.07. The van der Waals surface area contributed by atoms with E-state index in [9.17, 15) is 4.79 Å². The van der Waals surface area contributed by atoms with Gasteiger partial charge in [-0.25, -0.2) is 4.98 Å². The SMILES string of the molecule is CCCNC(=O)c1ccc(OCC)nc1. The van der Waals surface area contributed by atoms with Crippen molar-refractivity contribution >= 4 is 5.91 Å². The lowest BCUT2D eigenvalue weighted by Crippen LogP contribution is -2.24. The highest BCUT2D eigenvalue weighted by Gasteiger charge is 2.04. The van der Waals surface area contributed by atoms with Gasteiger partial charge in [0.2, 0.25) is 5.88 Å². The summed E-state index contributed by atoms with van der Waals surface area (Å²) in [4.78, 5) is 15.5. The van der Waals surface area contributed by atoms with Crippen LogP contribution < -0.4 is 10.1 Å². The average Bonchev–Trinajstić information content (AvgIpc) is 2.27. The molecular weight excluding hydrogens is 192 g/mol. The molecule has 0 atom stereocenters. The maximum Gasteiger partial charge on any atom is 0.252 e. The van der Waals surface area contributed by atoms with Crippen LogP contribution in [0.1, 0.15) is 30.6 Å². The maximum absolute atomic E-state index is 11.5. The topological polar surface area (TPSA) is 51.2 Å². The molecule has 0 aliphatic rings. The first-order chi connectivity index (χ1) is 7.27. The summed E-state index contributed by atoms with van der Waals surface area (Å²) in [7, 11) is 0. The molecule has 4 heteroatoms. The average molecular weight is 208 g/mol. The van der Waals surface area contributed by atoms with Crippen molar-refractivity contribution in [3.63, 3.8) is 0 Å². The van der Waals surface area contributed by atoms with Crippen molar-refractivity contribution in [1.82, 2.24) is 10.3 Å². The van der Waals surface area contributed by atoms with Gasteiger partial charge in [-0.1, -0.05) is 6.92 Å². The van der Waals surface area contributed by atoms with Crippen LogP contribution in [0.5, 0.6) is 5.88 Å². The Bertz CT molecular complexity index is 309. The fourth-order valence-electron chi connectivity index (χ4n) is 1.09. The van der Waals surface area contributed by atoms with Crippen molar-refractivity contribution in [1.29, 1.82) is 0 Å². The summed E-state index contributed by atoms with van der Waals surface area (Å²) < 4.78 is 5.18. The molecular formula is C11H16N2O2. The van der Waals surface area contributed by atoms with Gasteiger partial charge in [0.1, 0.15) is 0 Å². The third-order valence-corrected chi connectivity index (χ3v) is 1.83. The quantitative estimate of drug-likeness (QED) is 0.800. The number of nitrogens with one attached hydrogen (secondary N) is 1. The normalized spacial score (nSPS) is 9.73. The second-order valence-electron chi connectivity index (χ2n) is 3.07. The first-order valence-corrected chi connectivity index (χ1v) is 5.15. The summed E-state index contributed by atoms with van der Waals surface area (Å²) in [5.74, 6) is 0.455. The minimum absolute atomic E-state index is 0.0904. The summed E-state index contributed by atoms with van der Waals surface area (Å²) in [5.41, 5.74) is 0.562. The number of carbonyl (C=O) groups is 1. The van der Waals surface area contributed by atoms with Gasteiger partial charge in [0.15, 0.2) is 0 Å². The van der Waals surface area contributed by atoms with Gasteiger partial charge in [-0.2, -0.15) is 0 Å². The summed E-state index contributed by atoms with van der Waals surface area (Å²) in [6.45, 7) is 5.17. The molecule has 0 radical (unpaired) electrons. The predicted octanol–water partition coefficient (Wildman–Crippen LogP) is 1.62.